The molecular weight excluding hydrogens is 276 g/mol. The lowest BCUT2D eigenvalue weighted by atomic mass is 10.1. The van der Waals surface area contributed by atoms with Crippen molar-refractivity contribution in [3.8, 4) is 5.75 Å². The molecule has 20 heavy (non-hydrogen) atoms. The number of hydrogen-bond acceptors (Lipinski definition) is 4. The van der Waals surface area contributed by atoms with Crippen LogP contribution in [0.3, 0.4) is 0 Å². The fraction of sp³-hybridized carbons (Fsp3) is 0.571. The van der Waals surface area contributed by atoms with Gasteiger partial charge < -0.3 is 10.5 Å². The lowest BCUT2D eigenvalue weighted by Crippen LogP contribution is -2.41. The van der Waals surface area contributed by atoms with E-state index in [-0.39, 0.29) is 6.04 Å². The number of piperidine rings is 1. The second-order valence-electron chi connectivity index (χ2n) is 5.07. The first-order chi connectivity index (χ1) is 9.55. The largest absolute Gasteiger partial charge is 0.492 e. The molecule has 5 nitrogen and oxygen atoms in total. The van der Waals surface area contributed by atoms with Crippen LogP contribution >= 0.6 is 0 Å². The predicted octanol–water partition coefficient (Wildman–Crippen LogP) is 1.59. The highest BCUT2D eigenvalue weighted by Crippen LogP contribution is 2.26. The highest BCUT2D eigenvalue weighted by atomic mass is 32.2. The quantitative estimate of drug-likeness (QED) is 0.896. The van der Waals surface area contributed by atoms with Crippen molar-refractivity contribution in [2.45, 2.75) is 37.1 Å². The molecule has 1 heterocycles. The Morgan fingerprint density at radius 2 is 2.00 bits per heavy atom. The molecule has 0 spiro atoms. The Labute approximate surface area is 120 Å². The fourth-order valence-corrected chi connectivity index (χ4v) is 4.15. The maximum atomic E-state index is 12.6. The Hall–Kier alpha value is -1.11. The number of nitrogens with zero attached hydrogens (tertiary/aromatic N) is 1. The molecule has 0 aliphatic carbocycles. The molecule has 112 valence electrons. The standard InChI is InChI=1S/C14H22N2O3S/c1-12-4-2-3-10-16(12)20(17,18)14-7-5-13(6-8-14)19-11-9-15/h5-8,12H,2-4,9-11,15H2,1H3. The van der Waals surface area contributed by atoms with E-state index in [1.54, 1.807) is 28.6 Å². The Morgan fingerprint density at radius 1 is 1.30 bits per heavy atom. The van der Waals surface area contributed by atoms with Crippen LogP contribution in [0.2, 0.25) is 0 Å². The van der Waals surface area contributed by atoms with E-state index >= 15 is 0 Å². The van der Waals surface area contributed by atoms with Gasteiger partial charge in [-0.1, -0.05) is 6.42 Å². The van der Waals surface area contributed by atoms with E-state index in [1.807, 2.05) is 6.92 Å². The van der Waals surface area contributed by atoms with Crippen molar-refractivity contribution in [3.05, 3.63) is 24.3 Å². The summed E-state index contributed by atoms with van der Waals surface area (Å²) in [7, 11) is -3.40. The summed E-state index contributed by atoms with van der Waals surface area (Å²) in [5.41, 5.74) is 5.36. The molecule has 0 radical (unpaired) electrons. The molecule has 6 heteroatoms. The van der Waals surface area contributed by atoms with Crippen LogP contribution in [-0.2, 0) is 10.0 Å². The van der Waals surface area contributed by atoms with Crippen molar-refractivity contribution in [2.24, 2.45) is 5.73 Å². The number of sulfonamides is 1. The predicted molar refractivity (Wildman–Crippen MR) is 78.2 cm³/mol. The SMILES string of the molecule is CC1CCCCN1S(=O)(=O)c1ccc(OCCN)cc1. The minimum Gasteiger partial charge on any atom is -0.492 e. The third-order valence-corrected chi connectivity index (χ3v) is 5.59. The summed E-state index contributed by atoms with van der Waals surface area (Å²) in [4.78, 5) is 0.325. The molecule has 1 saturated heterocycles. The van der Waals surface area contributed by atoms with E-state index in [2.05, 4.69) is 0 Å². The van der Waals surface area contributed by atoms with Crippen LogP contribution in [0, 0.1) is 0 Å². The van der Waals surface area contributed by atoms with Gasteiger partial charge in [0.2, 0.25) is 10.0 Å². The number of hydrogen-bond donors (Lipinski definition) is 1. The first-order valence-electron chi connectivity index (χ1n) is 7.00. The summed E-state index contributed by atoms with van der Waals surface area (Å²) in [6.07, 6.45) is 2.96. The Kier molecular flexibility index (Phi) is 5.01. The number of rotatable bonds is 5. The van der Waals surface area contributed by atoms with Gasteiger partial charge in [0.15, 0.2) is 0 Å². The summed E-state index contributed by atoms with van der Waals surface area (Å²) < 4.78 is 32.1. The summed E-state index contributed by atoms with van der Waals surface area (Å²) >= 11 is 0. The van der Waals surface area contributed by atoms with Gasteiger partial charge in [-0.15, -0.1) is 0 Å². The molecule has 1 aromatic carbocycles. The van der Waals surface area contributed by atoms with Crippen molar-refractivity contribution in [3.63, 3.8) is 0 Å². The number of benzene rings is 1. The van der Waals surface area contributed by atoms with E-state index in [4.69, 9.17) is 10.5 Å². The zero-order valence-corrected chi connectivity index (χ0v) is 12.6. The van der Waals surface area contributed by atoms with Gasteiger partial charge in [0.25, 0.3) is 0 Å². The molecule has 0 bridgehead atoms. The first kappa shape index (κ1) is 15.3. The maximum Gasteiger partial charge on any atom is 0.243 e. The lowest BCUT2D eigenvalue weighted by molar-refractivity contribution is 0.268. The van der Waals surface area contributed by atoms with Crippen LogP contribution in [0.25, 0.3) is 0 Å². The fourth-order valence-electron chi connectivity index (χ4n) is 2.45. The molecule has 1 aliphatic rings. The molecule has 0 amide bonds. The molecule has 2 N–H and O–H groups in total. The van der Waals surface area contributed by atoms with Crippen molar-refractivity contribution >= 4 is 10.0 Å². The monoisotopic (exact) mass is 298 g/mol. The van der Waals surface area contributed by atoms with Gasteiger partial charge in [0.05, 0.1) is 4.90 Å². The normalized spacial score (nSPS) is 20.8. The average Bonchev–Trinajstić information content (AvgIpc) is 2.46. The van der Waals surface area contributed by atoms with E-state index in [1.165, 1.54) is 0 Å². The minimum atomic E-state index is -3.40. The van der Waals surface area contributed by atoms with Crippen molar-refractivity contribution in [1.29, 1.82) is 0 Å². The van der Waals surface area contributed by atoms with Crippen LogP contribution in [0.1, 0.15) is 26.2 Å². The molecule has 1 atom stereocenters. The molecule has 0 saturated carbocycles. The smallest absolute Gasteiger partial charge is 0.243 e. The Bertz CT molecular complexity index is 528. The average molecular weight is 298 g/mol. The van der Waals surface area contributed by atoms with Gasteiger partial charge in [-0.25, -0.2) is 8.42 Å². The zero-order chi connectivity index (χ0) is 14.6. The van der Waals surface area contributed by atoms with Crippen molar-refractivity contribution in [1.82, 2.24) is 4.31 Å². The van der Waals surface area contributed by atoms with Crippen molar-refractivity contribution < 1.29 is 13.2 Å². The van der Waals surface area contributed by atoms with Crippen LogP contribution in [0.4, 0.5) is 0 Å². The van der Waals surface area contributed by atoms with Gasteiger partial charge in [0.1, 0.15) is 12.4 Å². The van der Waals surface area contributed by atoms with Gasteiger partial charge >= 0.3 is 0 Å². The van der Waals surface area contributed by atoms with Crippen LogP contribution < -0.4 is 10.5 Å². The van der Waals surface area contributed by atoms with Gasteiger partial charge in [-0.05, 0) is 44.0 Å². The van der Waals surface area contributed by atoms with Gasteiger partial charge in [-0.2, -0.15) is 4.31 Å². The third-order valence-electron chi connectivity index (χ3n) is 3.56. The number of ether oxygens (including phenoxy) is 1. The second kappa shape index (κ2) is 6.56. The van der Waals surface area contributed by atoms with Gasteiger partial charge in [0, 0.05) is 19.1 Å². The van der Waals surface area contributed by atoms with Crippen molar-refractivity contribution in [2.75, 3.05) is 19.7 Å². The topological polar surface area (TPSA) is 72.6 Å². The lowest BCUT2D eigenvalue weighted by Gasteiger charge is -2.32. The van der Waals surface area contributed by atoms with E-state index in [9.17, 15) is 8.42 Å². The summed E-state index contributed by atoms with van der Waals surface area (Å²) in [6, 6.07) is 6.63. The molecular formula is C14H22N2O3S. The number of nitrogens with two attached hydrogens (primary N) is 1. The molecule has 1 unspecified atom stereocenters. The third kappa shape index (κ3) is 3.31. The zero-order valence-electron chi connectivity index (χ0n) is 11.8. The van der Waals surface area contributed by atoms with E-state index in [0.29, 0.717) is 30.3 Å². The van der Waals surface area contributed by atoms with E-state index in [0.717, 1.165) is 19.3 Å². The minimum absolute atomic E-state index is 0.0712. The summed E-state index contributed by atoms with van der Waals surface area (Å²) in [5.74, 6) is 0.640. The van der Waals surface area contributed by atoms with Crippen LogP contribution in [0.15, 0.2) is 29.2 Å². The van der Waals surface area contributed by atoms with E-state index < -0.39 is 10.0 Å². The van der Waals surface area contributed by atoms with Gasteiger partial charge in [-0.3, -0.25) is 0 Å². The molecule has 0 aromatic heterocycles. The summed E-state index contributed by atoms with van der Waals surface area (Å²) in [6.45, 7) is 3.44. The summed E-state index contributed by atoms with van der Waals surface area (Å²) in [5, 5.41) is 0. The molecule has 1 fully saturated rings. The Balaban J connectivity index is 2.16. The highest BCUT2D eigenvalue weighted by molar-refractivity contribution is 7.89. The highest BCUT2D eigenvalue weighted by Gasteiger charge is 2.30. The second-order valence-corrected chi connectivity index (χ2v) is 6.96. The Morgan fingerprint density at radius 3 is 2.60 bits per heavy atom. The van der Waals surface area contributed by atoms with Crippen LogP contribution in [-0.4, -0.2) is 38.5 Å². The molecule has 2 rings (SSSR count). The maximum absolute atomic E-state index is 12.6. The molecule has 1 aromatic rings. The molecule has 1 aliphatic heterocycles. The van der Waals surface area contributed by atoms with Crippen LogP contribution in [0.5, 0.6) is 5.75 Å². The first-order valence-corrected chi connectivity index (χ1v) is 8.44.